The largest absolute Gasteiger partial charge is 0.299 e. The van der Waals surface area contributed by atoms with Crippen molar-refractivity contribution in [3.8, 4) is 0 Å². The standard InChI is InChI=1S/C8H12O/c1-2-3-4-5-6-7-8-9/h2-3,6-8H,4-5H2,1H3/i2D,6D. The van der Waals surface area contributed by atoms with Crippen molar-refractivity contribution < 1.29 is 7.54 Å². The summed E-state index contributed by atoms with van der Waals surface area (Å²) in [6.07, 6.45) is 4.77. The second kappa shape index (κ2) is 7.15. The minimum absolute atomic E-state index is 0.317. The van der Waals surface area contributed by atoms with Crippen molar-refractivity contribution in [1.82, 2.24) is 0 Å². The van der Waals surface area contributed by atoms with E-state index in [2.05, 4.69) is 0 Å². The minimum atomic E-state index is 0.317. The first-order valence-electron chi connectivity index (χ1n) is 3.91. The molecule has 0 amide bonds. The Bertz CT molecular complexity index is 179. The summed E-state index contributed by atoms with van der Waals surface area (Å²) in [7, 11) is 0. The molecule has 0 heterocycles. The molecule has 0 saturated carbocycles. The van der Waals surface area contributed by atoms with Crippen LogP contribution in [0, 0.1) is 0 Å². The van der Waals surface area contributed by atoms with Gasteiger partial charge in [-0.25, -0.2) is 0 Å². The van der Waals surface area contributed by atoms with Crippen LogP contribution in [-0.4, -0.2) is 6.29 Å². The van der Waals surface area contributed by atoms with Crippen LogP contribution in [0.3, 0.4) is 0 Å². The molecule has 0 aliphatic rings. The highest BCUT2D eigenvalue weighted by Crippen LogP contribution is 1.90. The summed E-state index contributed by atoms with van der Waals surface area (Å²) in [5.74, 6) is 0. The third-order valence-corrected chi connectivity index (χ3v) is 0.823. The normalized spacial score (nSPS) is 16.6. The molecule has 0 aromatic carbocycles. The highest BCUT2D eigenvalue weighted by atomic mass is 16.1. The molecule has 0 spiro atoms. The SMILES string of the molecule is [2H]C(C)=CCCC([2H])=CC=O. The summed E-state index contributed by atoms with van der Waals surface area (Å²) in [5.41, 5.74) is 0. The van der Waals surface area contributed by atoms with Crippen molar-refractivity contribution in [2.45, 2.75) is 19.8 Å². The molecule has 0 fully saturated rings. The van der Waals surface area contributed by atoms with E-state index in [1.54, 1.807) is 13.0 Å². The monoisotopic (exact) mass is 126 g/mol. The topological polar surface area (TPSA) is 17.1 Å². The molecule has 1 heteroatoms. The Hall–Kier alpha value is -0.850. The number of carbonyl (C=O) groups excluding carboxylic acids is 1. The number of hydrogen-bond acceptors (Lipinski definition) is 1. The van der Waals surface area contributed by atoms with Crippen LogP contribution in [0.25, 0.3) is 0 Å². The lowest BCUT2D eigenvalue weighted by molar-refractivity contribution is -0.104. The van der Waals surface area contributed by atoms with Crippen molar-refractivity contribution in [1.29, 1.82) is 0 Å². The maximum Gasteiger partial charge on any atom is 0.142 e. The van der Waals surface area contributed by atoms with E-state index in [4.69, 9.17) is 2.74 Å². The Kier molecular flexibility index (Phi) is 3.95. The van der Waals surface area contributed by atoms with Gasteiger partial charge in [0.15, 0.2) is 0 Å². The molecule has 1 nitrogen and oxygen atoms in total. The van der Waals surface area contributed by atoms with Crippen LogP contribution in [0.5, 0.6) is 0 Å². The van der Waals surface area contributed by atoms with Gasteiger partial charge in [-0.1, -0.05) is 18.2 Å². The van der Waals surface area contributed by atoms with Crippen molar-refractivity contribution >= 4 is 6.29 Å². The number of rotatable bonds is 4. The lowest BCUT2D eigenvalue weighted by Gasteiger charge is -1.81. The Morgan fingerprint density at radius 3 is 2.89 bits per heavy atom. The first-order chi connectivity index (χ1) is 5.16. The van der Waals surface area contributed by atoms with E-state index in [1.165, 1.54) is 6.08 Å². The first kappa shape index (κ1) is 4.98. The zero-order chi connectivity index (χ0) is 8.69. The van der Waals surface area contributed by atoms with Gasteiger partial charge in [-0.2, -0.15) is 0 Å². The summed E-state index contributed by atoms with van der Waals surface area (Å²) in [6.45, 7) is 1.69. The molecule has 0 aliphatic carbocycles. The molecule has 9 heavy (non-hydrogen) atoms. The van der Waals surface area contributed by atoms with Gasteiger partial charge in [-0.3, -0.25) is 4.79 Å². The van der Waals surface area contributed by atoms with Crippen LogP contribution in [-0.2, 0) is 4.79 Å². The van der Waals surface area contributed by atoms with Crippen LogP contribution >= 0.6 is 0 Å². The van der Waals surface area contributed by atoms with Crippen LogP contribution < -0.4 is 0 Å². The Morgan fingerprint density at radius 2 is 2.33 bits per heavy atom. The smallest absolute Gasteiger partial charge is 0.142 e. The third kappa shape index (κ3) is 7.15. The van der Waals surface area contributed by atoms with Gasteiger partial charge in [-0.15, -0.1) is 0 Å². The molecule has 0 unspecified atom stereocenters. The fourth-order valence-corrected chi connectivity index (χ4v) is 0.431. The second-order valence-electron chi connectivity index (χ2n) is 1.54. The predicted octanol–water partition coefficient (Wildman–Crippen LogP) is 2.10. The van der Waals surface area contributed by atoms with Crippen molar-refractivity contribution in [2.75, 3.05) is 0 Å². The molecule has 0 rings (SSSR count). The Labute approximate surface area is 58.9 Å². The van der Waals surface area contributed by atoms with E-state index in [1.807, 2.05) is 0 Å². The van der Waals surface area contributed by atoms with E-state index in [9.17, 15) is 4.79 Å². The lowest BCUT2D eigenvalue weighted by atomic mass is 10.3. The van der Waals surface area contributed by atoms with Crippen molar-refractivity contribution in [2.24, 2.45) is 0 Å². The summed E-state index contributed by atoms with van der Waals surface area (Å²) in [5, 5.41) is 0. The van der Waals surface area contributed by atoms with Gasteiger partial charge in [0.1, 0.15) is 6.29 Å². The van der Waals surface area contributed by atoms with E-state index in [0.717, 1.165) is 0 Å². The summed E-state index contributed by atoms with van der Waals surface area (Å²) < 4.78 is 14.2. The number of hydrogen-bond donors (Lipinski definition) is 0. The fourth-order valence-electron chi connectivity index (χ4n) is 0.431. The number of allylic oxidation sites excluding steroid dienone is 4. The molecule has 0 N–H and O–H groups in total. The van der Waals surface area contributed by atoms with Gasteiger partial charge in [0, 0.05) is 0 Å². The minimum Gasteiger partial charge on any atom is -0.299 e. The maximum atomic E-state index is 9.86. The Morgan fingerprint density at radius 1 is 1.56 bits per heavy atom. The van der Waals surface area contributed by atoms with Crippen LogP contribution in [0.2, 0.25) is 0 Å². The molecule has 0 saturated heterocycles. The van der Waals surface area contributed by atoms with E-state index in [-0.39, 0.29) is 0 Å². The van der Waals surface area contributed by atoms with Gasteiger partial charge in [0.2, 0.25) is 0 Å². The molecule has 50 valence electrons. The molecular weight excluding hydrogens is 112 g/mol. The Balaban J connectivity index is 3.63. The van der Waals surface area contributed by atoms with Crippen LogP contribution in [0.1, 0.15) is 22.5 Å². The average Bonchev–Trinajstić information content (AvgIpc) is 1.87. The molecule has 0 aliphatic heterocycles. The molecular formula is C8H12O. The third-order valence-electron chi connectivity index (χ3n) is 0.823. The van der Waals surface area contributed by atoms with E-state index < -0.39 is 0 Å². The summed E-state index contributed by atoms with van der Waals surface area (Å²) in [4.78, 5) is 9.86. The van der Waals surface area contributed by atoms with Crippen molar-refractivity contribution in [3.05, 3.63) is 24.3 Å². The average molecular weight is 126 g/mol. The van der Waals surface area contributed by atoms with Gasteiger partial charge < -0.3 is 0 Å². The van der Waals surface area contributed by atoms with Gasteiger partial charge in [0.25, 0.3) is 0 Å². The molecule has 0 aromatic rings. The van der Waals surface area contributed by atoms with Gasteiger partial charge in [-0.05, 0) is 25.8 Å². The summed E-state index contributed by atoms with van der Waals surface area (Å²) >= 11 is 0. The van der Waals surface area contributed by atoms with E-state index >= 15 is 0 Å². The summed E-state index contributed by atoms with van der Waals surface area (Å²) in [6, 6.07) is 0.821. The van der Waals surface area contributed by atoms with Gasteiger partial charge >= 0.3 is 0 Å². The highest BCUT2D eigenvalue weighted by molar-refractivity contribution is 5.64. The molecule has 0 atom stereocenters. The zero-order valence-corrected chi connectivity index (χ0v) is 5.55. The lowest BCUT2D eigenvalue weighted by Crippen LogP contribution is -1.64. The highest BCUT2D eigenvalue weighted by Gasteiger charge is 1.72. The van der Waals surface area contributed by atoms with E-state index in [0.29, 0.717) is 31.2 Å². The second-order valence-corrected chi connectivity index (χ2v) is 1.54. The zero-order valence-electron chi connectivity index (χ0n) is 7.55. The van der Waals surface area contributed by atoms with Gasteiger partial charge in [0.05, 0.1) is 2.74 Å². The molecule has 0 radical (unpaired) electrons. The predicted molar refractivity (Wildman–Crippen MR) is 39.3 cm³/mol. The number of carbonyl (C=O) groups is 1. The van der Waals surface area contributed by atoms with Crippen molar-refractivity contribution in [3.63, 3.8) is 0 Å². The molecule has 0 bridgehead atoms. The fraction of sp³-hybridized carbons (Fsp3) is 0.375. The quantitative estimate of drug-likeness (QED) is 0.320. The first-order valence-corrected chi connectivity index (χ1v) is 2.91. The van der Waals surface area contributed by atoms with Crippen LogP contribution in [0.4, 0.5) is 0 Å². The number of aldehydes is 1. The maximum absolute atomic E-state index is 9.86. The molecule has 0 aromatic heterocycles. The van der Waals surface area contributed by atoms with Crippen LogP contribution in [0.15, 0.2) is 24.3 Å².